The van der Waals surface area contributed by atoms with Crippen molar-refractivity contribution >= 4 is 35.6 Å². The Hall–Kier alpha value is -1.91. The Balaban J connectivity index is 0.00000261. The van der Waals surface area contributed by atoms with Crippen LogP contribution in [0.15, 0.2) is 33.8 Å². The first kappa shape index (κ1) is 21.4. The summed E-state index contributed by atoms with van der Waals surface area (Å²) < 4.78 is 18.2. The first-order chi connectivity index (χ1) is 12.5. The van der Waals surface area contributed by atoms with Crippen molar-refractivity contribution in [2.75, 3.05) is 37.6 Å². The van der Waals surface area contributed by atoms with E-state index in [0.29, 0.717) is 30.6 Å². The van der Waals surface area contributed by atoms with Crippen molar-refractivity contribution in [3.8, 4) is 0 Å². The number of piperazine rings is 1. The normalized spacial score (nSPS) is 15.2. The molecule has 148 valence electrons. The molecule has 0 saturated carbocycles. The number of rotatable bonds is 5. The maximum absolute atomic E-state index is 13.0. The van der Waals surface area contributed by atoms with Crippen LogP contribution in [0.4, 0.5) is 10.1 Å². The molecule has 1 fully saturated rings. The van der Waals surface area contributed by atoms with Crippen LogP contribution >= 0.6 is 24.0 Å². The van der Waals surface area contributed by atoms with Gasteiger partial charge < -0.3 is 20.1 Å². The molecule has 2 N–H and O–H groups in total. The first-order valence-corrected chi connectivity index (χ1v) is 8.91. The van der Waals surface area contributed by atoms with Crippen molar-refractivity contribution in [1.29, 1.82) is 0 Å². The number of nitrogens with zero attached hydrogens (tertiary/aromatic N) is 5. The quantitative estimate of drug-likeness (QED) is 0.396. The van der Waals surface area contributed by atoms with Crippen LogP contribution in [0, 0.1) is 5.82 Å². The lowest BCUT2D eigenvalue weighted by atomic mass is 10.2. The van der Waals surface area contributed by atoms with E-state index >= 15 is 0 Å². The van der Waals surface area contributed by atoms with Gasteiger partial charge in [0.15, 0.2) is 11.8 Å². The number of nitrogens with two attached hydrogens (primary N) is 1. The number of benzene rings is 1. The summed E-state index contributed by atoms with van der Waals surface area (Å²) in [5.41, 5.74) is 7.14. The Morgan fingerprint density at radius 3 is 2.48 bits per heavy atom. The van der Waals surface area contributed by atoms with Gasteiger partial charge in [0.05, 0.1) is 6.54 Å². The minimum atomic E-state index is -0.217. The zero-order valence-corrected chi connectivity index (χ0v) is 18.0. The van der Waals surface area contributed by atoms with Crippen molar-refractivity contribution in [3.63, 3.8) is 0 Å². The molecule has 0 aliphatic carbocycles. The van der Waals surface area contributed by atoms with E-state index in [1.165, 1.54) is 12.1 Å². The summed E-state index contributed by atoms with van der Waals surface area (Å²) in [6, 6.07) is 6.58. The summed E-state index contributed by atoms with van der Waals surface area (Å²) in [6.07, 6.45) is 0.579. The summed E-state index contributed by atoms with van der Waals surface area (Å²) in [4.78, 5) is 13.0. The van der Waals surface area contributed by atoms with Gasteiger partial charge in [-0.05, 0) is 24.3 Å². The SMILES string of the molecule is CC(C)c1noc(CCN=C(N)N2CCN(c3ccc(F)cc3)CC2)n1.I. The lowest BCUT2D eigenvalue weighted by Gasteiger charge is -2.36. The molecule has 1 aromatic carbocycles. The Kier molecular flexibility index (Phi) is 7.81. The predicted octanol–water partition coefficient (Wildman–Crippen LogP) is 2.63. The second kappa shape index (κ2) is 9.86. The lowest BCUT2D eigenvalue weighted by Crippen LogP contribution is -2.51. The Bertz CT molecular complexity index is 741. The van der Waals surface area contributed by atoms with Gasteiger partial charge in [0.1, 0.15) is 5.82 Å². The molecule has 0 atom stereocenters. The fourth-order valence-corrected chi connectivity index (χ4v) is 2.82. The number of guanidine groups is 1. The molecule has 0 bridgehead atoms. The zero-order valence-electron chi connectivity index (χ0n) is 15.6. The molecule has 0 amide bonds. The highest BCUT2D eigenvalue weighted by Gasteiger charge is 2.18. The van der Waals surface area contributed by atoms with Crippen LogP contribution < -0.4 is 10.6 Å². The molecule has 1 aliphatic heterocycles. The smallest absolute Gasteiger partial charge is 0.228 e. The molecule has 0 spiro atoms. The van der Waals surface area contributed by atoms with E-state index in [-0.39, 0.29) is 35.7 Å². The van der Waals surface area contributed by atoms with E-state index in [4.69, 9.17) is 10.3 Å². The maximum atomic E-state index is 13.0. The molecule has 1 aromatic heterocycles. The molecule has 9 heteroatoms. The molecule has 3 rings (SSSR count). The van der Waals surface area contributed by atoms with Crippen LogP contribution in [-0.2, 0) is 6.42 Å². The zero-order chi connectivity index (χ0) is 18.5. The summed E-state index contributed by atoms with van der Waals surface area (Å²) in [5.74, 6) is 1.87. The number of aromatic nitrogens is 2. The van der Waals surface area contributed by atoms with Crippen molar-refractivity contribution in [3.05, 3.63) is 41.8 Å². The Morgan fingerprint density at radius 1 is 1.22 bits per heavy atom. The van der Waals surface area contributed by atoms with Crippen LogP contribution in [0.2, 0.25) is 0 Å². The van der Waals surface area contributed by atoms with E-state index in [1.807, 2.05) is 13.8 Å². The van der Waals surface area contributed by atoms with Gasteiger partial charge >= 0.3 is 0 Å². The minimum absolute atomic E-state index is 0. The second-order valence-electron chi connectivity index (χ2n) is 6.64. The van der Waals surface area contributed by atoms with Crippen molar-refractivity contribution in [1.82, 2.24) is 15.0 Å². The average Bonchev–Trinajstić information content (AvgIpc) is 3.12. The molecule has 1 saturated heterocycles. The fourth-order valence-electron chi connectivity index (χ4n) is 2.82. The fraction of sp³-hybridized carbons (Fsp3) is 0.500. The molecule has 0 radical (unpaired) electrons. The third-order valence-corrected chi connectivity index (χ3v) is 4.40. The van der Waals surface area contributed by atoms with Crippen LogP contribution in [0.1, 0.15) is 31.5 Å². The summed E-state index contributed by atoms with van der Waals surface area (Å²) in [5, 5.41) is 3.94. The van der Waals surface area contributed by atoms with Crippen LogP contribution in [-0.4, -0.2) is 53.7 Å². The molecule has 2 aromatic rings. The molecular weight excluding hydrogens is 462 g/mol. The minimum Gasteiger partial charge on any atom is -0.370 e. The van der Waals surface area contributed by atoms with Crippen LogP contribution in [0.3, 0.4) is 0 Å². The van der Waals surface area contributed by atoms with Gasteiger partial charge in [-0.3, -0.25) is 4.99 Å². The molecule has 0 unspecified atom stereocenters. The number of anilines is 1. The van der Waals surface area contributed by atoms with E-state index in [0.717, 1.165) is 31.9 Å². The third kappa shape index (κ3) is 5.78. The second-order valence-corrected chi connectivity index (χ2v) is 6.64. The third-order valence-electron chi connectivity index (χ3n) is 4.40. The van der Waals surface area contributed by atoms with Gasteiger partial charge in [-0.1, -0.05) is 19.0 Å². The van der Waals surface area contributed by atoms with Crippen molar-refractivity contribution in [2.24, 2.45) is 10.7 Å². The van der Waals surface area contributed by atoms with Gasteiger partial charge in [0, 0.05) is 44.2 Å². The van der Waals surface area contributed by atoms with Gasteiger partial charge in [-0.25, -0.2) is 4.39 Å². The van der Waals surface area contributed by atoms with E-state index in [9.17, 15) is 4.39 Å². The summed E-state index contributed by atoms with van der Waals surface area (Å²) >= 11 is 0. The molecular formula is C18H26FIN6O. The highest BCUT2D eigenvalue weighted by Crippen LogP contribution is 2.16. The molecule has 2 heterocycles. The summed E-state index contributed by atoms with van der Waals surface area (Å²) in [6.45, 7) is 7.78. The number of hydrogen-bond acceptors (Lipinski definition) is 5. The molecule has 27 heavy (non-hydrogen) atoms. The first-order valence-electron chi connectivity index (χ1n) is 8.91. The van der Waals surface area contributed by atoms with Crippen molar-refractivity contribution < 1.29 is 8.91 Å². The van der Waals surface area contributed by atoms with Crippen molar-refractivity contribution in [2.45, 2.75) is 26.2 Å². The van der Waals surface area contributed by atoms with Gasteiger partial charge in [-0.2, -0.15) is 4.98 Å². The molecule has 7 nitrogen and oxygen atoms in total. The highest BCUT2D eigenvalue weighted by molar-refractivity contribution is 14.0. The molecule has 1 aliphatic rings. The van der Waals surface area contributed by atoms with Gasteiger partial charge in [0.25, 0.3) is 0 Å². The summed E-state index contributed by atoms with van der Waals surface area (Å²) in [7, 11) is 0. The highest BCUT2D eigenvalue weighted by atomic mass is 127. The topological polar surface area (TPSA) is 83.8 Å². The maximum Gasteiger partial charge on any atom is 0.228 e. The number of hydrogen-bond donors (Lipinski definition) is 1. The van der Waals surface area contributed by atoms with E-state index in [1.54, 1.807) is 12.1 Å². The van der Waals surface area contributed by atoms with Gasteiger partial charge in [-0.15, -0.1) is 24.0 Å². The van der Waals surface area contributed by atoms with Crippen LogP contribution in [0.25, 0.3) is 0 Å². The standard InChI is InChI=1S/C18H25FN6O.HI/c1-13(2)17-22-16(26-23-17)7-8-21-18(20)25-11-9-24(10-12-25)15-5-3-14(19)4-6-15;/h3-6,13H,7-12H2,1-2H3,(H2,20,21);1H. The average molecular weight is 488 g/mol. The van der Waals surface area contributed by atoms with Gasteiger partial charge in [0.2, 0.25) is 5.89 Å². The Labute approximate surface area is 175 Å². The van der Waals surface area contributed by atoms with E-state index in [2.05, 4.69) is 24.9 Å². The predicted molar refractivity (Wildman–Crippen MR) is 114 cm³/mol. The number of aliphatic imine (C=N–C) groups is 1. The Morgan fingerprint density at radius 2 is 1.89 bits per heavy atom. The monoisotopic (exact) mass is 488 g/mol. The number of halogens is 2. The lowest BCUT2D eigenvalue weighted by molar-refractivity contribution is 0.370. The van der Waals surface area contributed by atoms with Crippen LogP contribution in [0.5, 0.6) is 0 Å². The largest absolute Gasteiger partial charge is 0.370 e. The van der Waals surface area contributed by atoms with E-state index < -0.39 is 0 Å².